The minimum Gasteiger partial charge on any atom is -0.488 e. The van der Waals surface area contributed by atoms with E-state index >= 15 is 0 Å². The largest absolute Gasteiger partial charge is 0.488 e. The molecule has 0 aliphatic rings. The van der Waals surface area contributed by atoms with E-state index in [0.717, 1.165) is 16.7 Å². The highest BCUT2D eigenvalue weighted by Crippen LogP contribution is 2.28. The van der Waals surface area contributed by atoms with Gasteiger partial charge in [-0.25, -0.2) is 0 Å². The Morgan fingerprint density at radius 1 is 1.15 bits per heavy atom. The molecule has 0 radical (unpaired) electrons. The van der Waals surface area contributed by atoms with Crippen molar-refractivity contribution in [2.45, 2.75) is 26.6 Å². The van der Waals surface area contributed by atoms with Gasteiger partial charge in [-0.2, -0.15) is 0 Å². The molecule has 20 heavy (non-hydrogen) atoms. The van der Waals surface area contributed by atoms with Crippen LogP contribution in [-0.2, 0) is 6.61 Å². The molecule has 4 heteroatoms. The lowest BCUT2D eigenvalue weighted by molar-refractivity contribution is 0.190. The fraction of sp³-hybridized carbons (Fsp3) is 0.250. The molecule has 0 aliphatic carbocycles. The lowest BCUT2D eigenvalue weighted by Crippen LogP contribution is -2.02. The van der Waals surface area contributed by atoms with Crippen LogP contribution in [0.3, 0.4) is 0 Å². The smallest absolute Gasteiger partial charge is 0.125 e. The van der Waals surface area contributed by atoms with Crippen molar-refractivity contribution in [3.8, 4) is 5.75 Å². The Bertz CT molecular complexity index is 609. The van der Waals surface area contributed by atoms with E-state index in [1.165, 1.54) is 0 Å². The molecule has 0 spiro atoms. The maximum Gasteiger partial charge on any atom is 0.125 e. The van der Waals surface area contributed by atoms with Gasteiger partial charge in [0.1, 0.15) is 12.4 Å². The Hall–Kier alpha value is -1.22. The molecule has 0 aliphatic heterocycles. The minimum absolute atomic E-state index is 0.308. The normalized spacial score (nSPS) is 12.2. The van der Waals surface area contributed by atoms with Crippen molar-refractivity contribution in [3.63, 3.8) is 0 Å². The highest BCUT2D eigenvalue weighted by Gasteiger charge is 2.10. The maximum absolute atomic E-state index is 9.80. The summed E-state index contributed by atoms with van der Waals surface area (Å²) in [6, 6.07) is 11.0. The number of halogens is 2. The van der Waals surface area contributed by atoms with Gasteiger partial charge in [0, 0.05) is 21.2 Å². The molecule has 2 rings (SSSR count). The first kappa shape index (κ1) is 15.2. The second-order valence-electron chi connectivity index (χ2n) is 4.74. The molecule has 2 aromatic carbocycles. The SMILES string of the molecule is Cc1ccc(OCc2cc(Cl)ccc2Cl)c([C@H](C)O)c1. The van der Waals surface area contributed by atoms with Crippen molar-refractivity contribution in [1.29, 1.82) is 0 Å². The Balaban J connectivity index is 2.20. The van der Waals surface area contributed by atoms with Crippen LogP contribution < -0.4 is 4.74 Å². The first-order chi connectivity index (χ1) is 9.47. The molecular formula is C16H16Cl2O2. The molecule has 0 saturated heterocycles. The molecule has 2 aromatic rings. The number of rotatable bonds is 4. The predicted octanol–water partition coefficient (Wildman–Crippen LogP) is 4.93. The molecular weight excluding hydrogens is 295 g/mol. The third kappa shape index (κ3) is 3.66. The van der Waals surface area contributed by atoms with E-state index < -0.39 is 6.10 Å². The summed E-state index contributed by atoms with van der Waals surface area (Å²) < 4.78 is 5.77. The van der Waals surface area contributed by atoms with E-state index in [1.807, 2.05) is 25.1 Å². The molecule has 1 N–H and O–H groups in total. The molecule has 0 bridgehead atoms. The van der Waals surface area contributed by atoms with Crippen molar-refractivity contribution in [1.82, 2.24) is 0 Å². The summed E-state index contributed by atoms with van der Waals surface area (Å²) in [7, 11) is 0. The number of aliphatic hydroxyl groups is 1. The maximum atomic E-state index is 9.80. The van der Waals surface area contributed by atoms with Crippen molar-refractivity contribution in [2.24, 2.45) is 0 Å². The van der Waals surface area contributed by atoms with E-state index in [-0.39, 0.29) is 0 Å². The first-order valence-corrected chi connectivity index (χ1v) is 7.08. The molecule has 0 saturated carbocycles. The minimum atomic E-state index is -0.584. The van der Waals surface area contributed by atoms with E-state index in [2.05, 4.69) is 0 Å². The van der Waals surface area contributed by atoms with Crippen LogP contribution in [0.5, 0.6) is 5.75 Å². The summed E-state index contributed by atoms with van der Waals surface area (Å²) in [4.78, 5) is 0. The average molecular weight is 311 g/mol. The van der Waals surface area contributed by atoms with Gasteiger partial charge in [0.05, 0.1) is 6.10 Å². The zero-order valence-electron chi connectivity index (χ0n) is 11.4. The van der Waals surface area contributed by atoms with Crippen LogP contribution in [0, 0.1) is 6.92 Å². The molecule has 0 unspecified atom stereocenters. The van der Waals surface area contributed by atoms with Crippen LogP contribution in [-0.4, -0.2) is 5.11 Å². The highest BCUT2D eigenvalue weighted by atomic mass is 35.5. The Morgan fingerprint density at radius 2 is 1.90 bits per heavy atom. The topological polar surface area (TPSA) is 29.5 Å². The summed E-state index contributed by atoms with van der Waals surface area (Å²) in [6.45, 7) is 4.00. The van der Waals surface area contributed by atoms with Crippen molar-refractivity contribution >= 4 is 23.2 Å². The van der Waals surface area contributed by atoms with Crippen LogP contribution in [0.4, 0.5) is 0 Å². The number of hydrogen-bond donors (Lipinski definition) is 1. The summed E-state index contributed by atoms with van der Waals surface area (Å²) in [5, 5.41) is 11.0. The van der Waals surface area contributed by atoms with E-state index in [1.54, 1.807) is 25.1 Å². The van der Waals surface area contributed by atoms with E-state index in [0.29, 0.717) is 22.4 Å². The number of benzene rings is 2. The third-order valence-corrected chi connectivity index (χ3v) is 3.61. The second kappa shape index (κ2) is 6.49. The summed E-state index contributed by atoms with van der Waals surface area (Å²) in [6.07, 6.45) is -0.584. The quantitative estimate of drug-likeness (QED) is 0.867. The van der Waals surface area contributed by atoms with Gasteiger partial charge in [-0.3, -0.25) is 0 Å². The molecule has 0 aromatic heterocycles. The molecule has 2 nitrogen and oxygen atoms in total. The Kier molecular flexibility index (Phi) is 4.92. The number of aryl methyl sites for hydroxylation is 1. The fourth-order valence-electron chi connectivity index (χ4n) is 1.94. The predicted molar refractivity (Wildman–Crippen MR) is 82.6 cm³/mol. The van der Waals surface area contributed by atoms with Crippen LogP contribution in [0.25, 0.3) is 0 Å². The van der Waals surface area contributed by atoms with Gasteiger partial charge in [0.25, 0.3) is 0 Å². The van der Waals surface area contributed by atoms with Crippen molar-refractivity contribution < 1.29 is 9.84 Å². The number of ether oxygens (including phenoxy) is 1. The van der Waals surface area contributed by atoms with Crippen LogP contribution in [0.1, 0.15) is 29.7 Å². The van der Waals surface area contributed by atoms with Gasteiger partial charge in [-0.1, -0.05) is 34.8 Å². The van der Waals surface area contributed by atoms with Gasteiger partial charge in [-0.15, -0.1) is 0 Å². The molecule has 106 valence electrons. The Morgan fingerprint density at radius 3 is 2.60 bits per heavy atom. The number of aliphatic hydroxyl groups excluding tert-OH is 1. The van der Waals surface area contributed by atoms with Crippen LogP contribution >= 0.6 is 23.2 Å². The van der Waals surface area contributed by atoms with E-state index in [9.17, 15) is 5.11 Å². The first-order valence-electron chi connectivity index (χ1n) is 6.32. The lowest BCUT2D eigenvalue weighted by atomic mass is 10.1. The monoisotopic (exact) mass is 310 g/mol. The van der Waals surface area contributed by atoms with Gasteiger partial charge in [0.15, 0.2) is 0 Å². The van der Waals surface area contributed by atoms with Gasteiger partial charge < -0.3 is 9.84 Å². The average Bonchev–Trinajstić information content (AvgIpc) is 2.40. The van der Waals surface area contributed by atoms with Gasteiger partial charge >= 0.3 is 0 Å². The lowest BCUT2D eigenvalue weighted by Gasteiger charge is -2.15. The van der Waals surface area contributed by atoms with Gasteiger partial charge in [-0.05, 0) is 44.2 Å². The Labute approximate surface area is 128 Å². The molecule has 0 amide bonds. The van der Waals surface area contributed by atoms with Gasteiger partial charge in [0.2, 0.25) is 0 Å². The van der Waals surface area contributed by atoms with E-state index in [4.69, 9.17) is 27.9 Å². The van der Waals surface area contributed by atoms with Crippen molar-refractivity contribution in [3.05, 3.63) is 63.1 Å². The molecule has 1 atom stereocenters. The summed E-state index contributed by atoms with van der Waals surface area (Å²) in [5.74, 6) is 0.654. The van der Waals surface area contributed by atoms with Crippen molar-refractivity contribution in [2.75, 3.05) is 0 Å². The summed E-state index contributed by atoms with van der Waals surface area (Å²) in [5.41, 5.74) is 2.66. The van der Waals surface area contributed by atoms with Crippen LogP contribution in [0.2, 0.25) is 10.0 Å². The second-order valence-corrected chi connectivity index (χ2v) is 5.59. The highest BCUT2D eigenvalue weighted by molar-refractivity contribution is 6.33. The third-order valence-electron chi connectivity index (χ3n) is 3.01. The van der Waals surface area contributed by atoms with Crippen LogP contribution in [0.15, 0.2) is 36.4 Å². The summed E-state index contributed by atoms with van der Waals surface area (Å²) >= 11 is 12.0. The zero-order valence-corrected chi connectivity index (χ0v) is 12.9. The number of hydrogen-bond acceptors (Lipinski definition) is 2. The molecule has 0 fully saturated rings. The zero-order chi connectivity index (χ0) is 14.7. The fourth-order valence-corrected chi connectivity index (χ4v) is 2.30. The standard InChI is InChI=1S/C16H16Cl2O2/c1-10-3-6-16(14(7-10)11(2)19)20-9-12-8-13(17)4-5-15(12)18/h3-8,11,19H,9H2,1-2H3/t11-/m0/s1. The molecule has 0 heterocycles.